The molecule has 0 saturated carbocycles. The molecule has 1 saturated heterocycles. The van der Waals surface area contributed by atoms with Crippen LogP contribution in [0.1, 0.15) is 42.1 Å². The van der Waals surface area contributed by atoms with E-state index in [1.807, 2.05) is 31.2 Å². The molecule has 1 atom stereocenters. The molecule has 0 aliphatic carbocycles. The Hall–Kier alpha value is -3.61. The van der Waals surface area contributed by atoms with Crippen molar-refractivity contribution in [2.24, 2.45) is 0 Å². The third-order valence-electron chi connectivity index (χ3n) is 6.87. The Bertz CT molecular complexity index is 1330. The van der Waals surface area contributed by atoms with Crippen molar-refractivity contribution in [3.05, 3.63) is 106 Å². The monoisotopic (exact) mass is 532 g/mol. The molecule has 3 aromatic carbocycles. The first-order chi connectivity index (χ1) is 18.3. The van der Waals surface area contributed by atoms with Gasteiger partial charge in [-0.05, 0) is 67.5 Å². The molecule has 1 aliphatic rings. The quantitative estimate of drug-likeness (QED) is 0.197. The zero-order valence-corrected chi connectivity index (χ0v) is 22.7. The minimum Gasteiger partial charge on any atom is -0.507 e. The number of likely N-dealkylation sites (tertiary alicyclic amines) is 1. The number of ketones is 1. The van der Waals surface area contributed by atoms with Gasteiger partial charge in [0.1, 0.15) is 18.1 Å². The third kappa shape index (κ3) is 6.09. The van der Waals surface area contributed by atoms with Crippen LogP contribution in [-0.2, 0) is 16.2 Å². The van der Waals surface area contributed by atoms with E-state index < -0.39 is 17.7 Å². The highest BCUT2D eigenvalue weighted by molar-refractivity contribution is 6.46. The molecule has 1 N–H and O–H groups in total. The zero-order valence-electron chi connectivity index (χ0n) is 22.0. The summed E-state index contributed by atoms with van der Waals surface area (Å²) in [7, 11) is 0. The fourth-order valence-electron chi connectivity index (χ4n) is 4.76. The maximum Gasteiger partial charge on any atom is 0.295 e. The van der Waals surface area contributed by atoms with Crippen molar-refractivity contribution in [2.75, 3.05) is 26.2 Å². The molecular formula is C31H33ClN2O4. The van der Waals surface area contributed by atoms with Gasteiger partial charge >= 0.3 is 0 Å². The predicted octanol–water partition coefficient (Wildman–Crippen LogP) is 5.99. The zero-order chi connectivity index (χ0) is 27.2. The van der Waals surface area contributed by atoms with Crippen LogP contribution in [0.25, 0.3) is 5.76 Å². The summed E-state index contributed by atoms with van der Waals surface area (Å²) in [6.45, 7) is 9.20. The van der Waals surface area contributed by atoms with E-state index >= 15 is 0 Å². The van der Waals surface area contributed by atoms with Crippen LogP contribution in [0.15, 0.2) is 78.4 Å². The van der Waals surface area contributed by atoms with Gasteiger partial charge in [0, 0.05) is 23.7 Å². The lowest BCUT2D eigenvalue weighted by Gasteiger charge is -2.28. The van der Waals surface area contributed by atoms with Crippen LogP contribution in [0, 0.1) is 6.92 Å². The highest BCUT2D eigenvalue weighted by Crippen LogP contribution is 2.40. The first kappa shape index (κ1) is 27.4. The van der Waals surface area contributed by atoms with Crippen molar-refractivity contribution in [3.8, 4) is 5.75 Å². The Kier molecular flexibility index (Phi) is 8.87. The Labute approximate surface area is 229 Å². The van der Waals surface area contributed by atoms with Gasteiger partial charge in [-0.3, -0.25) is 9.59 Å². The molecule has 1 fully saturated rings. The van der Waals surface area contributed by atoms with E-state index in [4.69, 9.17) is 16.3 Å². The van der Waals surface area contributed by atoms with Gasteiger partial charge in [0.2, 0.25) is 0 Å². The Morgan fingerprint density at radius 3 is 2.37 bits per heavy atom. The molecule has 0 bridgehead atoms. The van der Waals surface area contributed by atoms with Gasteiger partial charge in [-0.2, -0.15) is 0 Å². The molecule has 4 rings (SSSR count). The average Bonchev–Trinajstić information content (AvgIpc) is 3.17. The maximum atomic E-state index is 13.3. The summed E-state index contributed by atoms with van der Waals surface area (Å²) in [6, 6.07) is 21.3. The molecule has 0 aromatic heterocycles. The molecule has 198 valence electrons. The Morgan fingerprint density at radius 1 is 1.00 bits per heavy atom. The molecule has 0 radical (unpaired) electrons. The first-order valence-corrected chi connectivity index (χ1v) is 13.2. The SMILES string of the molecule is CCN(CC)CCN1C(=O)C(=O)C(=C(O)c2ccc(OCc3cccc(C)c3)cc2)[C@H]1c1cccc(Cl)c1. The number of carbonyl (C=O) groups excluding carboxylic acids is 2. The smallest absolute Gasteiger partial charge is 0.295 e. The molecule has 38 heavy (non-hydrogen) atoms. The van der Waals surface area contributed by atoms with E-state index in [9.17, 15) is 14.7 Å². The van der Waals surface area contributed by atoms with Crippen LogP contribution >= 0.6 is 11.6 Å². The van der Waals surface area contributed by atoms with Gasteiger partial charge in [-0.15, -0.1) is 0 Å². The van der Waals surface area contributed by atoms with E-state index in [1.165, 1.54) is 4.90 Å². The van der Waals surface area contributed by atoms with Gasteiger partial charge in [-0.1, -0.05) is 67.4 Å². The summed E-state index contributed by atoms with van der Waals surface area (Å²) in [5.74, 6) is -0.911. The number of hydrogen-bond acceptors (Lipinski definition) is 5. The predicted molar refractivity (Wildman–Crippen MR) is 150 cm³/mol. The van der Waals surface area contributed by atoms with Gasteiger partial charge in [-0.25, -0.2) is 0 Å². The maximum absolute atomic E-state index is 13.3. The van der Waals surface area contributed by atoms with Crippen molar-refractivity contribution in [2.45, 2.75) is 33.4 Å². The summed E-state index contributed by atoms with van der Waals surface area (Å²) in [6.07, 6.45) is 0. The van der Waals surface area contributed by atoms with Crippen molar-refractivity contribution in [1.82, 2.24) is 9.80 Å². The van der Waals surface area contributed by atoms with E-state index in [0.717, 1.165) is 24.2 Å². The number of hydrogen-bond donors (Lipinski definition) is 1. The van der Waals surface area contributed by atoms with Crippen LogP contribution in [-0.4, -0.2) is 52.8 Å². The summed E-state index contributed by atoms with van der Waals surface area (Å²) < 4.78 is 5.90. The van der Waals surface area contributed by atoms with Gasteiger partial charge in [0.15, 0.2) is 0 Å². The number of halogens is 1. The molecule has 6 nitrogen and oxygen atoms in total. The summed E-state index contributed by atoms with van der Waals surface area (Å²) in [5, 5.41) is 11.8. The molecule has 0 spiro atoms. The minimum atomic E-state index is -0.735. The van der Waals surface area contributed by atoms with Crippen LogP contribution in [0.5, 0.6) is 5.75 Å². The molecule has 3 aromatic rings. The van der Waals surface area contributed by atoms with Crippen LogP contribution in [0.3, 0.4) is 0 Å². The average molecular weight is 533 g/mol. The third-order valence-corrected chi connectivity index (χ3v) is 7.11. The van der Waals surface area contributed by atoms with E-state index in [2.05, 4.69) is 24.8 Å². The van der Waals surface area contributed by atoms with Crippen LogP contribution in [0.4, 0.5) is 0 Å². The number of aryl methyl sites for hydroxylation is 1. The van der Waals surface area contributed by atoms with Crippen LogP contribution < -0.4 is 4.74 Å². The van der Waals surface area contributed by atoms with Gasteiger partial charge in [0.25, 0.3) is 11.7 Å². The highest BCUT2D eigenvalue weighted by Gasteiger charge is 2.46. The van der Waals surface area contributed by atoms with E-state index in [0.29, 0.717) is 41.6 Å². The van der Waals surface area contributed by atoms with E-state index in [-0.39, 0.29) is 11.3 Å². The number of ether oxygens (including phenoxy) is 1. The lowest BCUT2D eigenvalue weighted by atomic mass is 9.95. The fraction of sp³-hybridized carbons (Fsp3) is 0.290. The number of aliphatic hydroxyl groups excluding tert-OH is 1. The summed E-state index contributed by atoms with van der Waals surface area (Å²) in [4.78, 5) is 30.1. The number of carbonyl (C=O) groups is 2. The normalized spacial score (nSPS) is 16.9. The molecule has 1 aliphatic heterocycles. The van der Waals surface area contributed by atoms with Gasteiger partial charge in [0.05, 0.1) is 11.6 Å². The minimum absolute atomic E-state index is 0.0604. The molecule has 0 unspecified atom stereocenters. The second-order valence-electron chi connectivity index (χ2n) is 9.38. The lowest BCUT2D eigenvalue weighted by molar-refractivity contribution is -0.140. The fourth-order valence-corrected chi connectivity index (χ4v) is 4.95. The Balaban J connectivity index is 1.64. The lowest BCUT2D eigenvalue weighted by Crippen LogP contribution is -2.38. The summed E-state index contributed by atoms with van der Waals surface area (Å²) in [5.41, 5.74) is 3.39. The first-order valence-electron chi connectivity index (χ1n) is 12.9. The molecule has 1 heterocycles. The second-order valence-corrected chi connectivity index (χ2v) is 9.81. The molecule has 1 amide bonds. The van der Waals surface area contributed by atoms with Crippen molar-refractivity contribution < 1.29 is 19.4 Å². The van der Waals surface area contributed by atoms with Gasteiger partial charge < -0.3 is 19.6 Å². The summed E-state index contributed by atoms with van der Waals surface area (Å²) >= 11 is 6.27. The second kappa shape index (κ2) is 12.3. The highest BCUT2D eigenvalue weighted by atomic mass is 35.5. The van der Waals surface area contributed by atoms with Crippen molar-refractivity contribution >= 4 is 29.1 Å². The number of aliphatic hydroxyl groups is 1. The van der Waals surface area contributed by atoms with E-state index in [1.54, 1.807) is 42.5 Å². The topological polar surface area (TPSA) is 70.1 Å². The number of rotatable bonds is 10. The number of nitrogens with zero attached hydrogens (tertiary/aromatic N) is 2. The Morgan fingerprint density at radius 2 is 1.71 bits per heavy atom. The van der Waals surface area contributed by atoms with Crippen molar-refractivity contribution in [3.63, 3.8) is 0 Å². The van der Waals surface area contributed by atoms with Crippen LogP contribution in [0.2, 0.25) is 5.02 Å². The number of likely N-dealkylation sites (N-methyl/N-ethyl adjacent to an activating group) is 1. The number of amides is 1. The molecular weight excluding hydrogens is 500 g/mol. The van der Waals surface area contributed by atoms with Crippen molar-refractivity contribution in [1.29, 1.82) is 0 Å². The standard InChI is InChI=1S/C31H33ClN2O4/c1-4-33(5-2)16-17-34-28(24-10-7-11-25(32)19-24)27(30(36)31(34)37)29(35)23-12-14-26(15-13-23)38-20-22-9-6-8-21(3)18-22/h6-15,18-19,28,35H,4-5,16-17,20H2,1-3H3/t28-/m1/s1. The number of benzene rings is 3. The molecule has 7 heteroatoms. The largest absolute Gasteiger partial charge is 0.507 e. The number of Topliss-reactive ketones (excluding diaryl/α,β-unsaturated/α-hetero) is 1.